The molecule has 0 radical (unpaired) electrons. The number of nitrogen functional groups attached to an aromatic ring is 1. The Kier molecular flexibility index (Phi) is 4.13. The van der Waals surface area contributed by atoms with Crippen LogP contribution in [0.1, 0.15) is 16.8 Å². The van der Waals surface area contributed by atoms with E-state index in [0.717, 1.165) is 12.3 Å². The van der Waals surface area contributed by atoms with Crippen LogP contribution in [0, 0.1) is 10.1 Å². The molecule has 1 heterocycles. The van der Waals surface area contributed by atoms with Crippen LogP contribution < -0.4 is 16.8 Å². The zero-order valence-electron chi connectivity index (χ0n) is 9.25. The smallest absolute Gasteiger partial charge is 0.300 e. The molecule has 0 aliphatic heterocycles. The minimum atomic E-state index is -0.741. The van der Waals surface area contributed by atoms with Gasteiger partial charge in [-0.15, -0.1) is 0 Å². The molecule has 0 aliphatic rings. The second-order valence-electron chi connectivity index (χ2n) is 3.36. The Bertz CT molecular complexity index is 502. The van der Waals surface area contributed by atoms with Crippen molar-refractivity contribution < 1.29 is 14.5 Å². The summed E-state index contributed by atoms with van der Waals surface area (Å²) in [6.07, 6.45) is 0.846. The Morgan fingerprint density at radius 1 is 1.50 bits per heavy atom. The summed E-state index contributed by atoms with van der Waals surface area (Å²) in [7, 11) is 0. The average molecular weight is 253 g/mol. The first-order valence-electron chi connectivity index (χ1n) is 4.88. The molecule has 9 heteroatoms. The number of hydrogen-bond acceptors (Lipinski definition) is 6. The van der Waals surface area contributed by atoms with Crippen molar-refractivity contribution in [2.24, 2.45) is 5.73 Å². The fraction of sp³-hybridized carbons (Fsp3) is 0.222. The van der Waals surface area contributed by atoms with Crippen LogP contribution in [0.3, 0.4) is 0 Å². The van der Waals surface area contributed by atoms with Crippen molar-refractivity contribution in [1.82, 2.24) is 10.3 Å². The number of carbonyl (C=O) groups is 2. The molecule has 9 nitrogen and oxygen atoms in total. The van der Waals surface area contributed by atoms with Gasteiger partial charge in [0.05, 0.1) is 4.92 Å². The molecule has 1 aromatic heterocycles. The standard InChI is InChI=1S/C9H11N5O4/c10-7-3-5(6(4-13-7)14(17)18)9(16)12-2-1-8(11)15/h3-4H,1-2H2,(H2,10,13)(H2,11,15)(H,12,16). The minimum absolute atomic E-state index is 0.00640. The maximum atomic E-state index is 11.7. The van der Waals surface area contributed by atoms with Gasteiger partial charge in [-0.2, -0.15) is 0 Å². The van der Waals surface area contributed by atoms with Crippen molar-refractivity contribution in [3.05, 3.63) is 27.9 Å². The van der Waals surface area contributed by atoms with Crippen LogP contribution in [0.15, 0.2) is 12.3 Å². The summed E-state index contributed by atoms with van der Waals surface area (Å²) >= 11 is 0. The molecule has 5 N–H and O–H groups in total. The number of carbonyl (C=O) groups excluding carboxylic acids is 2. The number of aromatic nitrogens is 1. The minimum Gasteiger partial charge on any atom is -0.384 e. The number of anilines is 1. The highest BCUT2D eigenvalue weighted by atomic mass is 16.6. The first-order valence-corrected chi connectivity index (χ1v) is 4.88. The van der Waals surface area contributed by atoms with Gasteiger partial charge >= 0.3 is 0 Å². The largest absolute Gasteiger partial charge is 0.384 e. The lowest BCUT2D eigenvalue weighted by Crippen LogP contribution is -2.28. The number of pyridine rings is 1. The number of rotatable bonds is 5. The molecular formula is C9H11N5O4. The van der Waals surface area contributed by atoms with Gasteiger partial charge < -0.3 is 16.8 Å². The third-order valence-electron chi connectivity index (χ3n) is 2.00. The second kappa shape index (κ2) is 5.57. The Labute approximate surface area is 101 Å². The number of nitro groups is 1. The second-order valence-corrected chi connectivity index (χ2v) is 3.36. The summed E-state index contributed by atoms with van der Waals surface area (Å²) in [5.41, 5.74) is 9.58. The molecular weight excluding hydrogens is 242 g/mol. The molecule has 0 saturated carbocycles. The molecule has 1 rings (SSSR count). The normalized spacial score (nSPS) is 9.78. The molecule has 96 valence electrons. The lowest BCUT2D eigenvalue weighted by molar-refractivity contribution is -0.385. The summed E-state index contributed by atoms with van der Waals surface area (Å²) in [5.74, 6) is -1.31. The van der Waals surface area contributed by atoms with Crippen LogP contribution >= 0.6 is 0 Å². The van der Waals surface area contributed by atoms with E-state index in [2.05, 4.69) is 10.3 Å². The summed E-state index contributed by atoms with van der Waals surface area (Å²) in [6, 6.07) is 1.09. The topological polar surface area (TPSA) is 154 Å². The van der Waals surface area contributed by atoms with Gasteiger partial charge in [-0.05, 0) is 6.07 Å². The number of amides is 2. The zero-order chi connectivity index (χ0) is 13.7. The van der Waals surface area contributed by atoms with Crippen LogP contribution in [-0.2, 0) is 4.79 Å². The Morgan fingerprint density at radius 3 is 2.72 bits per heavy atom. The van der Waals surface area contributed by atoms with Gasteiger partial charge in [0, 0.05) is 13.0 Å². The number of hydrogen-bond donors (Lipinski definition) is 3. The van der Waals surface area contributed by atoms with E-state index in [-0.39, 0.29) is 24.3 Å². The van der Waals surface area contributed by atoms with E-state index in [4.69, 9.17) is 11.5 Å². The molecule has 1 aromatic rings. The molecule has 0 spiro atoms. The number of primary amides is 1. The highest BCUT2D eigenvalue weighted by Crippen LogP contribution is 2.18. The van der Waals surface area contributed by atoms with Crippen molar-refractivity contribution in [3.8, 4) is 0 Å². The first kappa shape index (κ1) is 13.4. The van der Waals surface area contributed by atoms with Crippen molar-refractivity contribution in [1.29, 1.82) is 0 Å². The molecule has 18 heavy (non-hydrogen) atoms. The van der Waals surface area contributed by atoms with E-state index in [9.17, 15) is 19.7 Å². The third kappa shape index (κ3) is 3.40. The molecule has 0 aromatic carbocycles. The first-order chi connectivity index (χ1) is 8.41. The van der Waals surface area contributed by atoms with Crippen molar-refractivity contribution in [3.63, 3.8) is 0 Å². The maximum absolute atomic E-state index is 11.7. The number of nitrogens with two attached hydrogens (primary N) is 2. The van der Waals surface area contributed by atoms with E-state index < -0.39 is 22.4 Å². The summed E-state index contributed by atoms with van der Waals surface area (Å²) in [5, 5.41) is 13.0. The summed E-state index contributed by atoms with van der Waals surface area (Å²) < 4.78 is 0. The van der Waals surface area contributed by atoms with Crippen molar-refractivity contribution >= 4 is 23.3 Å². The number of nitrogens with zero attached hydrogens (tertiary/aromatic N) is 2. The number of nitrogens with one attached hydrogen (secondary N) is 1. The van der Waals surface area contributed by atoms with E-state index in [1.165, 1.54) is 0 Å². The van der Waals surface area contributed by atoms with E-state index in [1.807, 2.05) is 0 Å². The Balaban J connectivity index is 2.87. The van der Waals surface area contributed by atoms with Gasteiger partial charge in [0.15, 0.2) is 0 Å². The molecule has 0 unspecified atom stereocenters. The summed E-state index contributed by atoms with van der Waals surface area (Å²) in [6.45, 7) is -0.00640. The van der Waals surface area contributed by atoms with Crippen LogP contribution in [-0.4, -0.2) is 28.3 Å². The van der Waals surface area contributed by atoms with Gasteiger partial charge in [0.2, 0.25) is 5.91 Å². The van der Waals surface area contributed by atoms with E-state index >= 15 is 0 Å². The molecule has 0 fully saturated rings. The third-order valence-corrected chi connectivity index (χ3v) is 2.00. The van der Waals surface area contributed by atoms with Crippen molar-refractivity contribution in [2.75, 3.05) is 12.3 Å². The van der Waals surface area contributed by atoms with Gasteiger partial charge in [0.1, 0.15) is 17.6 Å². The van der Waals surface area contributed by atoms with Gasteiger partial charge in [0.25, 0.3) is 11.6 Å². The molecule has 0 saturated heterocycles. The Hall–Kier alpha value is -2.71. The molecule has 0 aliphatic carbocycles. The van der Waals surface area contributed by atoms with Gasteiger partial charge in [-0.3, -0.25) is 19.7 Å². The lowest BCUT2D eigenvalue weighted by atomic mass is 10.2. The maximum Gasteiger partial charge on any atom is 0.300 e. The van der Waals surface area contributed by atoms with Gasteiger partial charge in [-0.25, -0.2) is 4.98 Å². The highest BCUT2D eigenvalue weighted by Gasteiger charge is 2.20. The monoisotopic (exact) mass is 253 g/mol. The molecule has 0 atom stereocenters. The predicted molar refractivity (Wildman–Crippen MR) is 61.4 cm³/mol. The SMILES string of the molecule is NC(=O)CCNC(=O)c1cc(N)ncc1[N+](=O)[O-]. The fourth-order valence-electron chi connectivity index (χ4n) is 1.19. The quantitative estimate of drug-likeness (QED) is 0.459. The van der Waals surface area contributed by atoms with Crippen LogP contribution in [0.4, 0.5) is 11.5 Å². The van der Waals surface area contributed by atoms with Crippen LogP contribution in [0.5, 0.6) is 0 Å². The highest BCUT2D eigenvalue weighted by molar-refractivity contribution is 5.98. The van der Waals surface area contributed by atoms with Crippen LogP contribution in [0.25, 0.3) is 0 Å². The predicted octanol–water partition coefficient (Wildman–Crippen LogP) is -0.823. The van der Waals surface area contributed by atoms with Gasteiger partial charge in [-0.1, -0.05) is 0 Å². The fourth-order valence-corrected chi connectivity index (χ4v) is 1.19. The van der Waals surface area contributed by atoms with E-state index in [0.29, 0.717) is 0 Å². The van der Waals surface area contributed by atoms with Crippen LogP contribution in [0.2, 0.25) is 0 Å². The average Bonchev–Trinajstić information content (AvgIpc) is 2.27. The lowest BCUT2D eigenvalue weighted by Gasteiger charge is -2.05. The van der Waals surface area contributed by atoms with Crippen molar-refractivity contribution in [2.45, 2.75) is 6.42 Å². The molecule has 0 bridgehead atoms. The molecule has 2 amide bonds. The summed E-state index contributed by atoms with van der Waals surface area (Å²) in [4.78, 5) is 35.6. The zero-order valence-corrected chi connectivity index (χ0v) is 9.25. The Morgan fingerprint density at radius 2 is 2.17 bits per heavy atom. The van der Waals surface area contributed by atoms with E-state index in [1.54, 1.807) is 0 Å².